The summed E-state index contributed by atoms with van der Waals surface area (Å²) in [4.78, 5) is 12.7. The van der Waals surface area contributed by atoms with E-state index >= 15 is 0 Å². The molecule has 0 fully saturated rings. The summed E-state index contributed by atoms with van der Waals surface area (Å²) in [6, 6.07) is 3.75. The Morgan fingerprint density at radius 2 is 1.70 bits per heavy atom. The fourth-order valence-electron chi connectivity index (χ4n) is 2.31. The fraction of sp³-hybridized carbons (Fsp3) is 0.706. The molecule has 1 heterocycles. The van der Waals surface area contributed by atoms with Gasteiger partial charge in [-0.3, -0.25) is 4.79 Å². The lowest BCUT2D eigenvalue weighted by atomic mass is 9.89. The van der Waals surface area contributed by atoms with Gasteiger partial charge in [-0.05, 0) is 38.3 Å². The number of aliphatic hydroxyl groups is 1. The maximum Gasteiger partial charge on any atom is 0.256 e. The molecule has 114 valence electrons. The van der Waals surface area contributed by atoms with E-state index in [4.69, 9.17) is 0 Å². The minimum atomic E-state index is -1.10. The topological polar surface area (TPSA) is 42.2 Å². The molecule has 0 spiro atoms. The average molecular weight is 279 g/mol. The van der Waals surface area contributed by atoms with Crippen LogP contribution in [0, 0.1) is 5.92 Å². The molecule has 0 unspecified atom stereocenters. The first-order valence-electron chi connectivity index (χ1n) is 7.41. The van der Waals surface area contributed by atoms with Gasteiger partial charge >= 0.3 is 0 Å². The summed E-state index contributed by atoms with van der Waals surface area (Å²) in [6.07, 6.45) is 0.957. The largest absolute Gasteiger partial charge is 0.386 e. The molecule has 0 aliphatic carbocycles. The molecular weight excluding hydrogens is 250 g/mol. The summed E-state index contributed by atoms with van der Waals surface area (Å²) in [5, 5.41) is 10.2. The zero-order chi connectivity index (χ0) is 15.7. The van der Waals surface area contributed by atoms with Crippen LogP contribution in [0.5, 0.6) is 0 Å². The summed E-state index contributed by atoms with van der Waals surface area (Å²) in [7, 11) is 0. The van der Waals surface area contributed by atoms with Crippen molar-refractivity contribution in [2.45, 2.75) is 72.4 Å². The quantitative estimate of drug-likeness (QED) is 0.917. The molecule has 1 aromatic heterocycles. The lowest BCUT2D eigenvalue weighted by Crippen LogP contribution is -2.36. The Hall–Kier alpha value is -1.09. The molecule has 1 N–H and O–H groups in total. The molecule has 1 rings (SSSR count). The number of nitrogens with zero attached hydrogens (tertiary/aromatic N) is 1. The molecule has 3 nitrogen and oxygen atoms in total. The molecule has 0 aliphatic rings. The zero-order valence-electron chi connectivity index (χ0n) is 13.9. The molecular formula is C17H29NO2. The molecule has 0 saturated carbocycles. The van der Waals surface area contributed by atoms with E-state index in [0.717, 1.165) is 12.1 Å². The van der Waals surface area contributed by atoms with Crippen LogP contribution in [0.2, 0.25) is 0 Å². The van der Waals surface area contributed by atoms with E-state index in [0.29, 0.717) is 18.0 Å². The Kier molecular flexibility index (Phi) is 4.86. The SMILES string of the molecule is CC(C)CCn1c(C(C)(C)C)ccc(C(C)(C)O)c1=O. The molecule has 0 aliphatic heterocycles. The Morgan fingerprint density at radius 1 is 1.15 bits per heavy atom. The lowest BCUT2D eigenvalue weighted by Gasteiger charge is -2.27. The molecule has 3 heteroatoms. The van der Waals surface area contributed by atoms with Gasteiger partial charge in [-0.15, -0.1) is 0 Å². The number of rotatable bonds is 4. The van der Waals surface area contributed by atoms with Gasteiger partial charge in [-0.1, -0.05) is 34.6 Å². The molecule has 0 aromatic carbocycles. The predicted molar refractivity (Wildman–Crippen MR) is 84.1 cm³/mol. The third kappa shape index (κ3) is 3.95. The first-order chi connectivity index (χ1) is 8.94. The summed E-state index contributed by atoms with van der Waals surface area (Å²) in [6.45, 7) is 14.7. The number of pyridine rings is 1. The minimum absolute atomic E-state index is 0.0643. The van der Waals surface area contributed by atoms with Gasteiger partial charge in [0.1, 0.15) is 0 Å². The monoisotopic (exact) mass is 279 g/mol. The van der Waals surface area contributed by atoms with Gasteiger partial charge in [0.2, 0.25) is 0 Å². The van der Waals surface area contributed by atoms with Crippen LogP contribution in [-0.4, -0.2) is 9.67 Å². The maximum atomic E-state index is 12.7. The van der Waals surface area contributed by atoms with Crippen molar-refractivity contribution in [3.8, 4) is 0 Å². The van der Waals surface area contributed by atoms with E-state index in [2.05, 4.69) is 34.6 Å². The second-order valence-corrected chi connectivity index (χ2v) is 7.58. The van der Waals surface area contributed by atoms with Gasteiger partial charge in [0.05, 0.1) is 5.60 Å². The number of aromatic nitrogens is 1. The highest BCUT2D eigenvalue weighted by Gasteiger charge is 2.25. The van der Waals surface area contributed by atoms with Crippen LogP contribution in [0.4, 0.5) is 0 Å². The third-order valence-corrected chi connectivity index (χ3v) is 3.53. The maximum absolute atomic E-state index is 12.7. The number of hydrogen-bond donors (Lipinski definition) is 1. The summed E-state index contributed by atoms with van der Waals surface area (Å²) < 4.78 is 1.84. The van der Waals surface area contributed by atoms with Crippen LogP contribution in [-0.2, 0) is 17.6 Å². The minimum Gasteiger partial charge on any atom is -0.386 e. The van der Waals surface area contributed by atoms with Crippen molar-refractivity contribution < 1.29 is 5.11 Å². The average Bonchev–Trinajstić information content (AvgIpc) is 2.23. The van der Waals surface area contributed by atoms with Crippen molar-refractivity contribution >= 4 is 0 Å². The first kappa shape index (κ1) is 17.0. The van der Waals surface area contributed by atoms with Crippen molar-refractivity contribution in [1.82, 2.24) is 4.57 Å². The van der Waals surface area contributed by atoms with Crippen LogP contribution >= 0.6 is 0 Å². The van der Waals surface area contributed by atoms with Gasteiger partial charge in [0.25, 0.3) is 5.56 Å². The summed E-state index contributed by atoms with van der Waals surface area (Å²) >= 11 is 0. The van der Waals surface area contributed by atoms with Crippen molar-refractivity contribution in [1.29, 1.82) is 0 Å². The van der Waals surface area contributed by atoms with Crippen LogP contribution in [0.3, 0.4) is 0 Å². The van der Waals surface area contributed by atoms with Crippen molar-refractivity contribution in [2.24, 2.45) is 5.92 Å². The molecule has 0 saturated heterocycles. The molecule has 0 bridgehead atoms. The molecule has 0 radical (unpaired) electrons. The van der Waals surface area contributed by atoms with Gasteiger partial charge in [0, 0.05) is 23.2 Å². The summed E-state index contributed by atoms with van der Waals surface area (Å²) in [5.74, 6) is 0.542. The van der Waals surface area contributed by atoms with Crippen LogP contribution < -0.4 is 5.56 Å². The number of hydrogen-bond acceptors (Lipinski definition) is 2. The van der Waals surface area contributed by atoms with E-state index in [-0.39, 0.29) is 11.0 Å². The van der Waals surface area contributed by atoms with E-state index < -0.39 is 5.60 Å². The van der Waals surface area contributed by atoms with Gasteiger partial charge < -0.3 is 9.67 Å². The van der Waals surface area contributed by atoms with E-state index in [1.165, 1.54) is 0 Å². The summed E-state index contributed by atoms with van der Waals surface area (Å²) in [5.41, 5.74) is 0.234. The van der Waals surface area contributed by atoms with Gasteiger partial charge in [-0.25, -0.2) is 0 Å². The van der Waals surface area contributed by atoms with Crippen molar-refractivity contribution in [3.05, 3.63) is 33.7 Å². The van der Waals surface area contributed by atoms with Crippen LogP contribution in [0.15, 0.2) is 16.9 Å². The van der Waals surface area contributed by atoms with Crippen molar-refractivity contribution in [2.75, 3.05) is 0 Å². The molecule has 0 amide bonds. The smallest absolute Gasteiger partial charge is 0.256 e. The Balaban J connectivity index is 3.43. The Labute approximate surface area is 122 Å². The Morgan fingerprint density at radius 3 is 2.10 bits per heavy atom. The third-order valence-electron chi connectivity index (χ3n) is 3.53. The fourth-order valence-corrected chi connectivity index (χ4v) is 2.31. The van der Waals surface area contributed by atoms with E-state index in [9.17, 15) is 9.90 Å². The Bertz CT molecular complexity index is 513. The van der Waals surface area contributed by atoms with Gasteiger partial charge in [-0.2, -0.15) is 0 Å². The second kappa shape index (κ2) is 5.72. The highest BCUT2D eigenvalue weighted by molar-refractivity contribution is 5.24. The molecule has 1 aromatic rings. The highest BCUT2D eigenvalue weighted by atomic mass is 16.3. The van der Waals surface area contributed by atoms with Crippen molar-refractivity contribution in [3.63, 3.8) is 0 Å². The normalized spacial score (nSPS) is 13.1. The van der Waals surface area contributed by atoms with Gasteiger partial charge in [0.15, 0.2) is 0 Å². The first-order valence-corrected chi connectivity index (χ1v) is 7.41. The lowest BCUT2D eigenvalue weighted by molar-refractivity contribution is 0.0763. The standard InChI is InChI=1S/C17H29NO2/c1-12(2)10-11-18-14(16(3,4)5)9-8-13(15(18)19)17(6,7)20/h8-9,12,20H,10-11H2,1-7H3. The van der Waals surface area contributed by atoms with Crippen LogP contribution in [0.25, 0.3) is 0 Å². The van der Waals surface area contributed by atoms with E-state index in [1.54, 1.807) is 19.9 Å². The van der Waals surface area contributed by atoms with Crippen LogP contribution in [0.1, 0.15) is 66.1 Å². The predicted octanol–water partition coefficient (Wildman–Crippen LogP) is 3.42. The molecule has 0 atom stereocenters. The van der Waals surface area contributed by atoms with E-state index in [1.807, 2.05) is 10.6 Å². The zero-order valence-corrected chi connectivity index (χ0v) is 13.9. The molecule has 20 heavy (non-hydrogen) atoms. The highest BCUT2D eigenvalue weighted by Crippen LogP contribution is 2.24. The second-order valence-electron chi connectivity index (χ2n) is 7.58.